The fourth-order valence-corrected chi connectivity index (χ4v) is 9.50. The molecule has 3 rings (SSSR count). The molecule has 0 N–H and O–H groups in total. The van der Waals surface area contributed by atoms with Gasteiger partial charge in [-0.05, 0) is 132 Å². The van der Waals surface area contributed by atoms with Crippen LogP contribution >= 0.6 is 7.92 Å². The summed E-state index contributed by atoms with van der Waals surface area (Å²) < 4.78 is 0. The molecule has 0 aliphatic heterocycles. The van der Waals surface area contributed by atoms with E-state index in [0.717, 1.165) is 57.8 Å². The zero-order chi connectivity index (χ0) is 33.5. The lowest BCUT2D eigenvalue weighted by Gasteiger charge is -2.31. The smallest absolute Gasteiger partial charge is 0.00906 e. The van der Waals surface area contributed by atoms with E-state index in [2.05, 4.69) is 95.6 Å². The van der Waals surface area contributed by atoms with Crippen LogP contribution in [0.5, 0.6) is 0 Å². The average molecular weight is 623 g/mol. The maximum atomic E-state index is 4.21. The second-order valence-electron chi connectivity index (χ2n) is 11.4. The van der Waals surface area contributed by atoms with Gasteiger partial charge in [0.1, 0.15) is 0 Å². The van der Waals surface area contributed by atoms with Crippen LogP contribution < -0.4 is 15.9 Å². The standard InChI is InChI=1S/C45H51P/c1-10-19-34-28-31-43(40(25-16-7)37(34)22-13-4)46(44-32-29-35(20-11-2)38(23-14-5)41(44)26-17-8)45-33-30-36(21-12-3)39(24-15-6)42(45)27-18-9/h10-18,28-33H,1-9,19-27H2. The van der Waals surface area contributed by atoms with E-state index in [1.54, 1.807) is 0 Å². The van der Waals surface area contributed by atoms with Crippen molar-refractivity contribution in [1.82, 2.24) is 0 Å². The molecule has 0 bridgehead atoms. The van der Waals surface area contributed by atoms with Gasteiger partial charge in [0.15, 0.2) is 0 Å². The van der Waals surface area contributed by atoms with Crippen LogP contribution in [0.15, 0.2) is 150 Å². The van der Waals surface area contributed by atoms with E-state index in [0.29, 0.717) is 0 Å². The summed E-state index contributed by atoms with van der Waals surface area (Å²) in [6.45, 7) is 37.2. The molecule has 0 nitrogen and oxygen atoms in total. The number of allylic oxidation sites excluding steroid dienone is 9. The molecular formula is C45H51P. The van der Waals surface area contributed by atoms with Crippen molar-refractivity contribution < 1.29 is 0 Å². The second kappa shape index (κ2) is 18.7. The van der Waals surface area contributed by atoms with Crippen molar-refractivity contribution >= 4 is 23.8 Å². The number of hydrogen-bond donors (Lipinski definition) is 0. The van der Waals surface area contributed by atoms with Crippen LogP contribution in [0.2, 0.25) is 0 Å². The highest BCUT2D eigenvalue weighted by Gasteiger charge is 2.28. The molecule has 0 fully saturated rings. The van der Waals surface area contributed by atoms with Crippen molar-refractivity contribution in [2.24, 2.45) is 0 Å². The van der Waals surface area contributed by atoms with Gasteiger partial charge in [-0.25, -0.2) is 0 Å². The fourth-order valence-electron chi connectivity index (χ4n) is 6.56. The fraction of sp³-hybridized carbons (Fsp3) is 0.200. The van der Waals surface area contributed by atoms with Gasteiger partial charge in [-0.2, -0.15) is 0 Å². The minimum Gasteiger partial charge on any atom is -0.103 e. The first-order chi connectivity index (χ1) is 22.5. The van der Waals surface area contributed by atoms with Crippen LogP contribution in [0.1, 0.15) is 50.1 Å². The molecule has 0 saturated heterocycles. The van der Waals surface area contributed by atoms with E-state index in [9.17, 15) is 0 Å². The van der Waals surface area contributed by atoms with Crippen LogP contribution in [-0.4, -0.2) is 0 Å². The number of benzene rings is 3. The minimum absolute atomic E-state index is 0.776. The van der Waals surface area contributed by atoms with Crippen molar-refractivity contribution in [3.05, 3.63) is 200 Å². The molecule has 1 heteroatoms. The monoisotopic (exact) mass is 622 g/mol. The van der Waals surface area contributed by atoms with Gasteiger partial charge in [0.2, 0.25) is 0 Å². The quantitative estimate of drug-likeness (QED) is 0.0819. The lowest BCUT2D eigenvalue weighted by Crippen LogP contribution is -2.30. The van der Waals surface area contributed by atoms with Gasteiger partial charge in [0.25, 0.3) is 0 Å². The molecule has 46 heavy (non-hydrogen) atoms. The molecule has 236 valence electrons. The summed E-state index contributed by atoms with van der Waals surface area (Å²) in [5, 5.41) is 4.08. The molecule has 0 heterocycles. The maximum Gasteiger partial charge on any atom is -0.00906 e. The van der Waals surface area contributed by atoms with Gasteiger partial charge in [-0.15, -0.1) is 59.2 Å². The normalized spacial score (nSPS) is 10.6. The molecular weight excluding hydrogens is 571 g/mol. The average Bonchev–Trinajstić information content (AvgIpc) is 3.04. The van der Waals surface area contributed by atoms with E-state index < -0.39 is 7.92 Å². The lowest BCUT2D eigenvalue weighted by molar-refractivity contribution is 1.09. The number of rotatable bonds is 21. The van der Waals surface area contributed by atoms with Crippen molar-refractivity contribution in [2.75, 3.05) is 0 Å². The van der Waals surface area contributed by atoms with Crippen molar-refractivity contribution in [3.63, 3.8) is 0 Å². The molecule has 3 aromatic rings. The van der Waals surface area contributed by atoms with Gasteiger partial charge in [-0.3, -0.25) is 0 Å². The summed E-state index contributed by atoms with van der Waals surface area (Å²) in [7, 11) is -1.01. The summed E-state index contributed by atoms with van der Waals surface area (Å²) >= 11 is 0. The molecule has 0 unspecified atom stereocenters. The molecule has 0 aliphatic carbocycles. The summed E-state index contributed by atoms with van der Waals surface area (Å²) in [5.41, 5.74) is 11.9. The highest BCUT2D eigenvalue weighted by Crippen LogP contribution is 2.41. The first kappa shape index (κ1) is 36.2. The Morgan fingerprint density at radius 3 is 0.739 bits per heavy atom. The molecule has 0 aromatic heterocycles. The SMILES string of the molecule is C=CCc1ccc(P(c2ccc(CC=C)c(CC=C)c2CC=C)c2ccc(CC=C)c(CC=C)c2CC=C)c(CC=C)c1CC=C. The largest absolute Gasteiger partial charge is 0.103 e. The van der Waals surface area contributed by atoms with Crippen LogP contribution in [0.4, 0.5) is 0 Å². The molecule has 0 atom stereocenters. The van der Waals surface area contributed by atoms with E-state index in [1.165, 1.54) is 66.0 Å². The molecule has 0 saturated carbocycles. The van der Waals surface area contributed by atoms with Crippen LogP contribution in [0.3, 0.4) is 0 Å². The Labute approximate surface area is 281 Å². The zero-order valence-electron chi connectivity index (χ0n) is 27.8. The van der Waals surface area contributed by atoms with Crippen LogP contribution in [-0.2, 0) is 57.8 Å². The molecule has 0 aliphatic rings. The maximum absolute atomic E-state index is 4.21. The lowest BCUT2D eigenvalue weighted by atomic mass is 9.93. The van der Waals surface area contributed by atoms with Crippen molar-refractivity contribution in [2.45, 2.75) is 57.8 Å². The predicted molar refractivity (Wildman–Crippen MR) is 210 cm³/mol. The Kier molecular flexibility index (Phi) is 14.7. The van der Waals surface area contributed by atoms with Crippen LogP contribution in [0, 0.1) is 0 Å². The summed E-state index contributed by atoms with van der Waals surface area (Å²) in [6.07, 6.45) is 25.3. The van der Waals surface area contributed by atoms with Gasteiger partial charge < -0.3 is 0 Å². The van der Waals surface area contributed by atoms with E-state index in [4.69, 9.17) is 0 Å². The Morgan fingerprint density at radius 1 is 0.304 bits per heavy atom. The first-order valence-corrected chi connectivity index (χ1v) is 17.5. The Bertz CT molecular complexity index is 1430. The molecule has 0 radical (unpaired) electrons. The summed E-state index contributed by atoms with van der Waals surface area (Å²) in [6, 6.07) is 14.1. The van der Waals surface area contributed by atoms with Crippen LogP contribution in [0.25, 0.3) is 0 Å². The topological polar surface area (TPSA) is 0 Å². The highest BCUT2D eigenvalue weighted by molar-refractivity contribution is 7.80. The Hall–Kier alpha value is -4.25. The number of hydrogen-bond acceptors (Lipinski definition) is 0. The third kappa shape index (κ3) is 8.12. The Balaban J connectivity index is 2.65. The highest BCUT2D eigenvalue weighted by atomic mass is 31.1. The van der Waals surface area contributed by atoms with E-state index >= 15 is 0 Å². The first-order valence-electron chi connectivity index (χ1n) is 16.2. The molecule has 0 spiro atoms. The Morgan fingerprint density at radius 2 is 0.522 bits per heavy atom. The molecule has 0 amide bonds. The van der Waals surface area contributed by atoms with Gasteiger partial charge in [-0.1, -0.05) is 91.1 Å². The molecule has 3 aromatic carbocycles. The second-order valence-corrected chi connectivity index (χ2v) is 13.5. The predicted octanol–water partition coefficient (Wildman–Crippen LogP) is 10.0. The van der Waals surface area contributed by atoms with E-state index in [-0.39, 0.29) is 0 Å². The van der Waals surface area contributed by atoms with Crippen molar-refractivity contribution in [1.29, 1.82) is 0 Å². The minimum atomic E-state index is -1.01. The van der Waals surface area contributed by atoms with Gasteiger partial charge in [0, 0.05) is 0 Å². The van der Waals surface area contributed by atoms with Gasteiger partial charge >= 0.3 is 0 Å². The zero-order valence-corrected chi connectivity index (χ0v) is 28.7. The van der Waals surface area contributed by atoms with Crippen molar-refractivity contribution in [3.8, 4) is 0 Å². The summed E-state index contributed by atoms with van der Waals surface area (Å²) in [4.78, 5) is 0. The summed E-state index contributed by atoms with van der Waals surface area (Å²) in [5.74, 6) is 0. The third-order valence-corrected chi connectivity index (χ3v) is 11.1. The van der Waals surface area contributed by atoms with Gasteiger partial charge in [0.05, 0.1) is 0 Å². The third-order valence-electron chi connectivity index (χ3n) is 8.42. The van der Waals surface area contributed by atoms with E-state index in [1.807, 2.05) is 54.7 Å².